The molecule has 0 amide bonds. The van der Waals surface area contributed by atoms with Gasteiger partial charge < -0.3 is 5.01 Å². The van der Waals surface area contributed by atoms with Gasteiger partial charge >= 0.3 is 0 Å². The molecule has 17 heavy (non-hydrogen) atoms. The highest BCUT2D eigenvalue weighted by Gasteiger charge is 2.01. The molecule has 0 fully saturated rings. The highest BCUT2D eigenvalue weighted by molar-refractivity contribution is 5.68. The summed E-state index contributed by atoms with van der Waals surface area (Å²) < 4.78 is 0. The third-order valence-corrected chi connectivity index (χ3v) is 2.95. The van der Waals surface area contributed by atoms with Crippen molar-refractivity contribution in [2.45, 2.75) is 6.92 Å². The van der Waals surface area contributed by atoms with Gasteiger partial charge in [0.05, 0.1) is 5.69 Å². The van der Waals surface area contributed by atoms with Gasteiger partial charge in [0, 0.05) is 14.1 Å². The zero-order valence-electron chi connectivity index (χ0n) is 10.6. The summed E-state index contributed by atoms with van der Waals surface area (Å²) in [4.78, 5) is 0. The molecular weight excluding hydrogens is 208 g/mol. The molecule has 2 aromatic rings. The molecule has 0 aromatic heterocycles. The number of anilines is 1. The number of nitrogens with one attached hydrogen (secondary N) is 1. The largest absolute Gasteiger partial charge is 0.312 e. The van der Waals surface area contributed by atoms with Crippen LogP contribution in [0.3, 0.4) is 0 Å². The van der Waals surface area contributed by atoms with E-state index >= 15 is 0 Å². The molecule has 0 saturated carbocycles. The molecule has 0 saturated heterocycles. The topological polar surface area (TPSA) is 15.3 Å². The van der Waals surface area contributed by atoms with Gasteiger partial charge in [0.2, 0.25) is 0 Å². The Morgan fingerprint density at radius 3 is 2.29 bits per heavy atom. The second-order valence-electron chi connectivity index (χ2n) is 4.20. The van der Waals surface area contributed by atoms with Crippen molar-refractivity contribution < 1.29 is 0 Å². The summed E-state index contributed by atoms with van der Waals surface area (Å²) in [6, 6.07) is 17.1. The van der Waals surface area contributed by atoms with Gasteiger partial charge in [-0.3, -0.25) is 0 Å². The van der Waals surface area contributed by atoms with Gasteiger partial charge in [0.15, 0.2) is 0 Å². The Labute approximate surface area is 103 Å². The van der Waals surface area contributed by atoms with Crippen LogP contribution in [0.25, 0.3) is 11.1 Å². The van der Waals surface area contributed by atoms with Gasteiger partial charge in [-0.15, -0.1) is 0 Å². The Balaban J connectivity index is 2.36. The molecule has 0 radical (unpaired) electrons. The van der Waals surface area contributed by atoms with Crippen LogP contribution in [0.4, 0.5) is 5.69 Å². The van der Waals surface area contributed by atoms with Crippen molar-refractivity contribution in [1.82, 2.24) is 5.43 Å². The van der Waals surface area contributed by atoms with E-state index in [4.69, 9.17) is 0 Å². The first kappa shape index (κ1) is 11.7. The van der Waals surface area contributed by atoms with Gasteiger partial charge in [-0.05, 0) is 30.2 Å². The molecule has 0 spiro atoms. The maximum Gasteiger partial charge on any atom is 0.0522 e. The summed E-state index contributed by atoms with van der Waals surface area (Å²) in [5, 5.41) is 2.00. The fraction of sp³-hybridized carbons (Fsp3) is 0.200. The molecule has 2 rings (SSSR count). The monoisotopic (exact) mass is 226 g/mol. The molecule has 2 nitrogen and oxygen atoms in total. The van der Waals surface area contributed by atoms with Crippen molar-refractivity contribution in [3.63, 3.8) is 0 Å². The second-order valence-corrected chi connectivity index (χ2v) is 4.20. The first-order chi connectivity index (χ1) is 8.20. The Morgan fingerprint density at radius 1 is 0.941 bits per heavy atom. The van der Waals surface area contributed by atoms with Gasteiger partial charge in [-0.1, -0.05) is 42.0 Å². The molecule has 0 aliphatic carbocycles. The van der Waals surface area contributed by atoms with Gasteiger partial charge in [0.1, 0.15) is 0 Å². The molecule has 0 aliphatic heterocycles. The van der Waals surface area contributed by atoms with Crippen LogP contribution >= 0.6 is 0 Å². The van der Waals surface area contributed by atoms with E-state index in [1.165, 1.54) is 16.7 Å². The van der Waals surface area contributed by atoms with Crippen molar-refractivity contribution in [2.75, 3.05) is 19.1 Å². The number of benzene rings is 2. The van der Waals surface area contributed by atoms with Crippen LogP contribution in [0, 0.1) is 6.92 Å². The van der Waals surface area contributed by atoms with E-state index in [0.717, 1.165) is 5.69 Å². The average Bonchev–Trinajstić information content (AvgIpc) is 2.39. The second kappa shape index (κ2) is 5.02. The standard InChI is InChI=1S/C15H18N2/c1-12-7-9-13(10-8-12)14-5-4-6-15(11-14)17(3)16-2/h4-11,16H,1-3H3. The molecule has 0 heterocycles. The molecule has 88 valence electrons. The smallest absolute Gasteiger partial charge is 0.0522 e. The summed E-state index contributed by atoms with van der Waals surface area (Å²) in [7, 11) is 3.92. The zero-order valence-corrected chi connectivity index (χ0v) is 10.6. The Morgan fingerprint density at radius 2 is 1.65 bits per heavy atom. The van der Waals surface area contributed by atoms with Crippen LogP contribution < -0.4 is 10.4 Å². The van der Waals surface area contributed by atoms with Crippen molar-refractivity contribution >= 4 is 5.69 Å². The van der Waals surface area contributed by atoms with Crippen LogP contribution in [0.15, 0.2) is 48.5 Å². The highest BCUT2D eigenvalue weighted by atomic mass is 15.5. The van der Waals surface area contributed by atoms with E-state index in [2.05, 4.69) is 60.9 Å². The minimum Gasteiger partial charge on any atom is -0.312 e. The molecule has 0 bridgehead atoms. The summed E-state index contributed by atoms with van der Waals surface area (Å²) >= 11 is 0. The first-order valence-electron chi connectivity index (χ1n) is 5.79. The van der Waals surface area contributed by atoms with Gasteiger partial charge in [0.25, 0.3) is 0 Å². The third-order valence-electron chi connectivity index (χ3n) is 2.95. The lowest BCUT2D eigenvalue weighted by molar-refractivity contribution is 0.792. The normalized spacial score (nSPS) is 10.3. The Bertz CT molecular complexity index is 489. The summed E-state index contributed by atoms with van der Waals surface area (Å²) in [5.41, 5.74) is 8.04. The van der Waals surface area contributed by atoms with E-state index in [0.29, 0.717) is 0 Å². The predicted molar refractivity (Wildman–Crippen MR) is 74.1 cm³/mol. The minimum absolute atomic E-state index is 1.16. The molecule has 0 unspecified atom stereocenters. The van der Waals surface area contributed by atoms with Crippen molar-refractivity contribution in [3.8, 4) is 11.1 Å². The summed E-state index contributed by atoms with van der Waals surface area (Å²) in [6.07, 6.45) is 0. The van der Waals surface area contributed by atoms with Crippen LogP contribution in [0.2, 0.25) is 0 Å². The first-order valence-corrected chi connectivity index (χ1v) is 5.79. The van der Waals surface area contributed by atoms with Gasteiger partial charge in [-0.25, -0.2) is 5.43 Å². The SMILES string of the molecule is CNN(C)c1cccc(-c2ccc(C)cc2)c1. The lowest BCUT2D eigenvalue weighted by Gasteiger charge is -2.18. The van der Waals surface area contributed by atoms with Crippen LogP contribution in [0.5, 0.6) is 0 Å². The maximum absolute atomic E-state index is 3.10. The van der Waals surface area contributed by atoms with E-state index in [9.17, 15) is 0 Å². The number of nitrogens with zero attached hydrogens (tertiary/aromatic N) is 1. The average molecular weight is 226 g/mol. The number of hydrazine groups is 1. The van der Waals surface area contributed by atoms with E-state index < -0.39 is 0 Å². The van der Waals surface area contributed by atoms with Crippen molar-refractivity contribution in [3.05, 3.63) is 54.1 Å². The summed E-state index contributed by atoms with van der Waals surface area (Å²) in [5.74, 6) is 0. The quantitative estimate of drug-likeness (QED) is 0.808. The summed E-state index contributed by atoms with van der Waals surface area (Å²) in [6.45, 7) is 2.11. The maximum atomic E-state index is 3.10. The fourth-order valence-electron chi connectivity index (χ4n) is 1.77. The fourth-order valence-corrected chi connectivity index (χ4v) is 1.77. The third kappa shape index (κ3) is 2.66. The van der Waals surface area contributed by atoms with Gasteiger partial charge in [-0.2, -0.15) is 0 Å². The minimum atomic E-state index is 1.16. The van der Waals surface area contributed by atoms with Crippen molar-refractivity contribution in [1.29, 1.82) is 0 Å². The number of aryl methyl sites for hydroxylation is 1. The molecule has 0 atom stereocenters. The zero-order chi connectivity index (χ0) is 12.3. The highest BCUT2D eigenvalue weighted by Crippen LogP contribution is 2.23. The molecule has 0 aliphatic rings. The molecule has 1 N–H and O–H groups in total. The molecular formula is C15H18N2. The molecule has 2 aromatic carbocycles. The van der Waals surface area contributed by atoms with Crippen LogP contribution in [0.1, 0.15) is 5.56 Å². The lowest BCUT2D eigenvalue weighted by Crippen LogP contribution is -2.30. The van der Waals surface area contributed by atoms with Crippen LogP contribution in [-0.4, -0.2) is 14.1 Å². The number of hydrogen-bond donors (Lipinski definition) is 1. The van der Waals surface area contributed by atoms with E-state index in [1.807, 2.05) is 19.1 Å². The van der Waals surface area contributed by atoms with E-state index in [-0.39, 0.29) is 0 Å². The number of hydrogen-bond acceptors (Lipinski definition) is 2. The predicted octanol–water partition coefficient (Wildman–Crippen LogP) is 3.23. The Kier molecular flexibility index (Phi) is 3.45. The number of rotatable bonds is 3. The van der Waals surface area contributed by atoms with Crippen LogP contribution in [-0.2, 0) is 0 Å². The molecule has 2 heteroatoms. The van der Waals surface area contributed by atoms with Crippen molar-refractivity contribution in [2.24, 2.45) is 0 Å². The van der Waals surface area contributed by atoms with E-state index in [1.54, 1.807) is 0 Å². The Hall–Kier alpha value is -1.80. The lowest BCUT2D eigenvalue weighted by atomic mass is 10.0.